The molecule has 6 nitrogen and oxygen atoms in total. The Kier molecular flexibility index (Phi) is 4.93. The van der Waals surface area contributed by atoms with Crippen molar-refractivity contribution in [1.82, 2.24) is 20.1 Å². The lowest BCUT2D eigenvalue weighted by molar-refractivity contribution is -0.119. The zero-order chi connectivity index (χ0) is 18.6. The van der Waals surface area contributed by atoms with Crippen LogP contribution in [-0.2, 0) is 4.79 Å². The Hall–Kier alpha value is -3.06. The number of aromatic nitrogens is 3. The highest BCUT2D eigenvalue weighted by Gasteiger charge is 2.15. The smallest absolute Gasteiger partial charge is 0.231 e. The molecule has 0 radical (unpaired) electrons. The third-order valence-electron chi connectivity index (χ3n) is 4.13. The van der Waals surface area contributed by atoms with Gasteiger partial charge in [0.2, 0.25) is 5.91 Å². The molecule has 4 aromatic rings. The van der Waals surface area contributed by atoms with Crippen LogP contribution in [0.3, 0.4) is 0 Å². The van der Waals surface area contributed by atoms with Crippen LogP contribution >= 0.6 is 11.8 Å². The van der Waals surface area contributed by atoms with E-state index in [1.54, 1.807) is 6.33 Å². The first kappa shape index (κ1) is 17.4. The quantitative estimate of drug-likeness (QED) is 0.514. The lowest BCUT2D eigenvalue weighted by Crippen LogP contribution is -2.28. The fourth-order valence-electron chi connectivity index (χ4n) is 2.79. The lowest BCUT2D eigenvalue weighted by atomic mass is 10.2. The second-order valence-electron chi connectivity index (χ2n) is 6.08. The first-order valence-corrected chi connectivity index (χ1v) is 9.55. The van der Waals surface area contributed by atoms with E-state index >= 15 is 0 Å². The third-order valence-corrected chi connectivity index (χ3v) is 5.08. The largest absolute Gasteiger partial charge is 0.459 e. The van der Waals surface area contributed by atoms with Crippen LogP contribution in [0.1, 0.15) is 18.7 Å². The summed E-state index contributed by atoms with van der Waals surface area (Å²) in [5.74, 6) is 0.897. The Morgan fingerprint density at radius 1 is 1.19 bits per heavy atom. The summed E-state index contributed by atoms with van der Waals surface area (Å²) in [5, 5.41) is 12.7. The Labute approximate surface area is 160 Å². The molecule has 1 N–H and O–H groups in total. The van der Waals surface area contributed by atoms with Gasteiger partial charge in [0.1, 0.15) is 17.7 Å². The number of carbonyl (C=O) groups is 1. The van der Waals surface area contributed by atoms with Gasteiger partial charge in [-0.3, -0.25) is 9.36 Å². The van der Waals surface area contributed by atoms with E-state index in [0.717, 1.165) is 22.4 Å². The van der Waals surface area contributed by atoms with Crippen molar-refractivity contribution >= 4 is 28.6 Å². The molecule has 0 aliphatic heterocycles. The average Bonchev–Trinajstić information content (AvgIpc) is 3.34. The van der Waals surface area contributed by atoms with Crippen LogP contribution in [0.4, 0.5) is 0 Å². The number of amides is 1. The van der Waals surface area contributed by atoms with Gasteiger partial charge in [-0.25, -0.2) is 0 Å². The van der Waals surface area contributed by atoms with E-state index in [0.29, 0.717) is 5.16 Å². The summed E-state index contributed by atoms with van der Waals surface area (Å²) in [5.41, 5.74) is 1.78. The van der Waals surface area contributed by atoms with Gasteiger partial charge in [0, 0.05) is 11.1 Å². The van der Waals surface area contributed by atoms with Crippen molar-refractivity contribution in [2.75, 3.05) is 5.75 Å². The van der Waals surface area contributed by atoms with Crippen molar-refractivity contribution in [2.45, 2.75) is 18.1 Å². The zero-order valence-corrected chi connectivity index (χ0v) is 15.5. The maximum absolute atomic E-state index is 12.4. The van der Waals surface area contributed by atoms with E-state index in [1.807, 2.05) is 72.2 Å². The molecule has 2 heterocycles. The van der Waals surface area contributed by atoms with Gasteiger partial charge < -0.3 is 9.73 Å². The Bertz CT molecular complexity index is 1020. The molecule has 2 aromatic carbocycles. The van der Waals surface area contributed by atoms with E-state index in [2.05, 4.69) is 15.5 Å². The van der Waals surface area contributed by atoms with E-state index < -0.39 is 0 Å². The second kappa shape index (κ2) is 7.67. The summed E-state index contributed by atoms with van der Waals surface area (Å²) < 4.78 is 7.67. The fourth-order valence-corrected chi connectivity index (χ4v) is 3.53. The zero-order valence-electron chi connectivity index (χ0n) is 14.7. The molecule has 7 heteroatoms. The van der Waals surface area contributed by atoms with Crippen molar-refractivity contribution < 1.29 is 9.21 Å². The van der Waals surface area contributed by atoms with E-state index in [9.17, 15) is 4.79 Å². The molecule has 0 fully saturated rings. The number of hydrogen-bond donors (Lipinski definition) is 1. The lowest BCUT2D eigenvalue weighted by Gasteiger charge is -2.11. The summed E-state index contributed by atoms with van der Waals surface area (Å²) in [6.45, 7) is 1.91. The summed E-state index contributed by atoms with van der Waals surface area (Å²) >= 11 is 1.35. The monoisotopic (exact) mass is 378 g/mol. The maximum atomic E-state index is 12.4. The molecule has 136 valence electrons. The minimum atomic E-state index is -0.211. The molecule has 27 heavy (non-hydrogen) atoms. The molecule has 0 aliphatic rings. The standard InChI is InChI=1S/C20H18N4O2S/c1-14(18-11-15-7-5-6-10-17(15)26-18)22-19(25)12-27-20-23-21-13-24(20)16-8-3-2-4-9-16/h2-11,13-14H,12H2,1H3,(H,22,25)/t14-/m0/s1. The normalized spacial score (nSPS) is 12.2. The number of nitrogens with one attached hydrogen (secondary N) is 1. The number of carbonyl (C=O) groups excluding carboxylic acids is 1. The first-order chi connectivity index (χ1) is 13.2. The minimum Gasteiger partial charge on any atom is -0.459 e. The molecule has 0 unspecified atom stereocenters. The third kappa shape index (κ3) is 3.88. The van der Waals surface area contributed by atoms with Crippen LogP contribution in [0.2, 0.25) is 0 Å². The van der Waals surface area contributed by atoms with Crippen LogP contribution in [0, 0.1) is 0 Å². The number of furan rings is 1. The maximum Gasteiger partial charge on any atom is 0.231 e. The highest BCUT2D eigenvalue weighted by Crippen LogP contribution is 2.24. The van der Waals surface area contributed by atoms with E-state index in [4.69, 9.17) is 4.42 Å². The molecule has 0 saturated carbocycles. The molecule has 0 aliphatic carbocycles. The summed E-state index contributed by atoms with van der Waals surface area (Å²) in [7, 11) is 0. The summed E-state index contributed by atoms with van der Waals surface area (Å²) in [4.78, 5) is 12.4. The van der Waals surface area contributed by atoms with Crippen molar-refractivity contribution in [1.29, 1.82) is 0 Å². The first-order valence-electron chi connectivity index (χ1n) is 8.57. The van der Waals surface area contributed by atoms with Crippen LogP contribution in [-0.4, -0.2) is 26.4 Å². The van der Waals surface area contributed by atoms with Crippen LogP contribution < -0.4 is 5.32 Å². The number of fused-ring (bicyclic) bond motifs is 1. The number of nitrogens with zero attached hydrogens (tertiary/aromatic N) is 3. The fraction of sp³-hybridized carbons (Fsp3) is 0.150. The summed E-state index contributed by atoms with van der Waals surface area (Å²) in [6.07, 6.45) is 1.65. The summed E-state index contributed by atoms with van der Waals surface area (Å²) in [6, 6.07) is 19.3. The predicted molar refractivity (Wildman–Crippen MR) is 105 cm³/mol. The van der Waals surface area contributed by atoms with E-state index in [1.165, 1.54) is 11.8 Å². The van der Waals surface area contributed by atoms with Crippen LogP contribution in [0.15, 0.2) is 76.6 Å². The highest BCUT2D eigenvalue weighted by atomic mass is 32.2. The van der Waals surface area contributed by atoms with Gasteiger partial charge in [0.05, 0.1) is 11.8 Å². The van der Waals surface area contributed by atoms with Gasteiger partial charge in [0.15, 0.2) is 5.16 Å². The highest BCUT2D eigenvalue weighted by molar-refractivity contribution is 7.99. The van der Waals surface area contributed by atoms with Gasteiger partial charge in [0.25, 0.3) is 0 Å². The van der Waals surface area contributed by atoms with Gasteiger partial charge >= 0.3 is 0 Å². The predicted octanol–water partition coefficient (Wildman–Crippen LogP) is 3.98. The van der Waals surface area contributed by atoms with Crippen LogP contribution in [0.25, 0.3) is 16.7 Å². The van der Waals surface area contributed by atoms with Crippen molar-refractivity contribution in [3.8, 4) is 5.69 Å². The SMILES string of the molecule is C[C@H](NC(=O)CSc1nncn1-c1ccccc1)c1cc2ccccc2o1. The second-order valence-corrected chi connectivity index (χ2v) is 7.03. The molecule has 1 atom stereocenters. The van der Waals surface area contributed by atoms with Crippen LogP contribution in [0.5, 0.6) is 0 Å². The minimum absolute atomic E-state index is 0.0874. The van der Waals surface area contributed by atoms with Gasteiger partial charge in [-0.05, 0) is 31.2 Å². The molecular formula is C20H18N4O2S. The number of rotatable bonds is 6. The molecule has 2 aromatic heterocycles. The van der Waals surface area contributed by atoms with Gasteiger partial charge in [-0.1, -0.05) is 48.2 Å². The Morgan fingerprint density at radius 2 is 1.96 bits per heavy atom. The molecule has 0 saturated heterocycles. The molecule has 0 spiro atoms. The van der Waals surface area contributed by atoms with Crippen molar-refractivity contribution in [3.63, 3.8) is 0 Å². The molecule has 4 rings (SSSR count). The average molecular weight is 378 g/mol. The Morgan fingerprint density at radius 3 is 2.78 bits per heavy atom. The van der Waals surface area contributed by atoms with Gasteiger partial charge in [-0.2, -0.15) is 0 Å². The molecule has 1 amide bonds. The Balaban J connectivity index is 1.38. The van der Waals surface area contributed by atoms with Gasteiger partial charge in [-0.15, -0.1) is 10.2 Å². The topological polar surface area (TPSA) is 73.0 Å². The number of benzene rings is 2. The molecule has 0 bridgehead atoms. The van der Waals surface area contributed by atoms with Crippen molar-refractivity contribution in [2.24, 2.45) is 0 Å². The number of hydrogen-bond acceptors (Lipinski definition) is 5. The number of para-hydroxylation sites is 2. The van der Waals surface area contributed by atoms with E-state index in [-0.39, 0.29) is 17.7 Å². The number of thioether (sulfide) groups is 1. The molecular weight excluding hydrogens is 360 g/mol. The van der Waals surface area contributed by atoms with Crippen molar-refractivity contribution in [3.05, 3.63) is 72.8 Å².